The van der Waals surface area contributed by atoms with Gasteiger partial charge in [0.25, 0.3) is 5.91 Å². The highest BCUT2D eigenvalue weighted by molar-refractivity contribution is 5.98. The van der Waals surface area contributed by atoms with E-state index in [1.807, 2.05) is 42.5 Å². The van der Waals surface area contributed by atoms with Crippen LogP contribution in [0.3, 0.4) is 0 Å². The Morgan fingerprint density at radius 3 is 2.50 bits per heavy atom. The standard InChI is InChI=1S/C18H21NO3/c20-13-17(21)8-2-1-5-11-19-18(22)16-10-9-14-6-3-4-7-15(14)12-16/h3-4,6-7,9-10,12,20H,1-2,5,8,11,13H2,(H,19,22). The van der Waals surface area contributed by atoms with Crippen LogP contribution in [0.1, 0.15) is 36.0 Å². The van der Waals surface area contributed by atoms with Crippen molar-refractivity contribution in [1.29, 1.82) is 0 Å². The molecule has 22 heavy (non-hydrogen) atoms. The molecule has 0 aliphatic heterocycles. The Labute approximate surface area is 130 Å². The molecule has 0 aliphatic carbocycles. The van der Waals surface area contributed by atoms with Crippen molar-refractivity contribution >= 4 is 22.5 Å². The lowest BCUT2D eigenvalue weighted by atomic mass is 10.1. The van der Waals surface area contributed by atoms with E-state index >= 15 is 0 Å². The molecule has 2 rings (SSSR count). The van der Waals surface area contributed by atoms with Crippen LogP contribution in [0.4, 0.5) is 0 Å². The quantitative estimate of drug-likeness (QED) is 0.737. The monoisotopic (exact) mass is 299 g/mol. The first-order valence-corrected chi connectivity index (χ1v) is 7.60. The number of unbranched alkanes of at least 4 members (excludes halogenated alkanes) is 2. The van der Waals surface area contributed by atoms with E-state index in [0.717, 1.165) is 30.0 Å². The molecule has 116 valence electrons. The van der Waals surface area contributed by atoms with Gasteiger partial charge in [-0.15, -0.1) is 0 Å². The number of Topliss-reactive ketones (excluding diaryl/α,β-unsaturated/α-hetero) is 1. The first-order chi connectivity index (χ1) is 10.7. The minimum absolute atomic E-state index is 0.0720. The topological polar surface area (TPSA) is 66.4 Å². The second-order valence-corrected chi connectivity index (χ2v) is 5.33. The molecule has 0 aromatic heterocycles. The van der Waals surface area contributed by atoms with Gasteiger partial charge in [-0.3, -0.25) is 9.59 Å². The van der Waals surface area contributed by atoms with E-state index < -0.39 is 0 Å². The summed E-state index contributed by atoms with van der Waals surface area (Å²) in [5, 5.41) is 13.7. The normalized spacial score (nSPS) is 10.6. The summed E-state index contributed by atoms with van der Waals surface area (Å²) in [5.74, 6) is -0.197. The Bertz CT molecular complexity index is 652. The molecule has 2 N–H and O–H groups in total. The fourth-order valence-electron chi connectivity index (χ4n) is 2.34. The minimum atomic E-state index is -0.376. The Kier molecular flexibility index (Phi) is 6.10. The van der Waals surface area contributed by atoms with Gasteiger partial charge < -0.3 is 10.4 Å². The first-order valence-electron chi connectivity index (χ1n) is 7.60. The maximum Gasteiger partial charge on any atom is 0.251 e. The molecule has 0 bridgehead atoms. The molecule has 0 atom stereocenters. The van der Waals surface area contributed by atoms with Gasteiger partial charge in [-0.25, -0.2) is 0 Å². The van der Waals surface area contributed by atoms with Crippen LogP contribution in [0.5, 0.6) is 0 Å². The first kappa shape index (κ1) is 16.2. The number of fused-ring (bicyclic) bond motifs is 1. The second-order valence-electron chi connectivity index (χ2n) is 5.33. The van der Waals surface area contributed by atoms with Crippen LogP contribution in [0, 0.1) is 0 Å². The molecule has 0 unspecified atom stereocenters. The van der Waals surface area contributed by atoms with E-state index in [4.69, 9.17) is 5.11 Å². The summed E-state index contributed by atoms with van der Waals surface area (Å²) in [7, 11) is 0. The van der Waals surface area contributed by atoms with E-state index in [0.29, 0.717) is 18.5 Å². The maximum atomic E-state index is 12.1. The third-order valence-electron chi connectivity index (χ3n) is 3.61. The average molecular weight is 299 g/mol. The Hall–Kier alpha value is -2.20. The summed E-state index contributed by atoms with van der Waals surface area (Å²) >= 11 is 0. The van der Waals surface area contributed by atoms with Crippen LogP contribution in [-0.2, 0) is 4.79 Å². The molecule has 0 saturated carbocycles. The highest BCUT2D eigenvalue weighted by Crippen LogP contribution is 2.15. The van der Waals surface area contributed by atoms with Crippen molar-refractivity contribution in [2.24, 2.45) is 0 Å². The zero-order chi connectivity index (χ0) is 15.8. The molecule has 0 saturated heterocycles. The zero-order valence-electron chi connectivity index (χ0n) is 12.5. The fraction of sp³-hybridized carbons (Fsp3) is 0.333. The number of rotatable bonds is 8. The van der Waals surface area contributed by atoms with Gasteiger partial charge in [-0.05, 0) is 35.7 Å². The van der Waals surface area contributed by atoms with Crippen molar-refractivity contribution in [3.05, 3.63) is 48.0 Å². The van der Waals surface area contributed by atoms with Crippen LogP contribution in [0.2, 0.25) is 0 Å². The maximum absolute atomic E-state index is 12.1. The molecule has 2 aromatic rings. The Balaban J connectivity index is 1.75. The lowest BCUT2D eigenvalue weighted by Gasteiger charge is -2.06. The van der Waals surface area contributed by atoms with Gasteiger partial charge in [-0.1, -0.05) is 36.8 Å². The minimum Gasteiger partial charge on any atom is -0.389 e. The van der Waals surface area contributed by atoms with E-state index in [-0.39, 0.29) is 18.3 Å². The number of benzene rings is 2. The van der Waals surface area contributed by atoms with Gasteiger partial charge in [0.05, 0.1) is 0 Å². The molecule has 4 nitrogen and oxygen atoms in total. The zero-order valence-corrected chi connectivity index (χ0v) is 12.5. The van der Waals surface area contributed by atoms with Gasteiger partial charge in [0.1, 0.15) is 6.61 Å². The fourth-order valence-corrected chi connectivity index (χ4v) is 2.34. The molecule has 0 aliphatic rings. The van der Waals surface area contributed by atoms with Crippen molar-refractivity contribution in [2.45, 2.75) is 25.7 Å². The molecule has 0 fully saturated rings. The van der Waals surface area contributed by atoms with Crippen molar-refractivity contribution in [3.8, 4) is 0 Å². The second kappa shape index (κ2) is 8.29. The molecule has 0 heterocycles. The van der Waals surface area contributed by atoms with Crippen molar-refractivity contribution in [2.75, 3.05) is 13.2 Å². The number of hydrogen-bond donors (Lipinski definition) is 2. The SMILES string of the molecule is O=C(CO)CCCCCNC(=O)c1ccc2ccccc2c1. The molecular weight excluding hydrogens is 278 g/mol. The molecule has 0 radical (unpaired) electrons. The van der Waals surface area contributed by atoms with Gasteiger partial charge in [0.15, 0.2) is 5.78 Å². The van der Waals surface area contributed by atoms with Crippen LogP contribution >= 0.6 is 0 Å². The van der Waals surface area contributed by atoms with Crippen LogP contribution in [0.15, 0.2) is 42.5 Å². The number of ketones is 1. The number of aliphatic hydroxyl groups excluding tert-OH is 1. The molecular formula is C18H21NO3. The number of carbonyl (C=O) groups is 2. The van der Waals surface area contributed by atoms with Crippen molar-refractivity contribution in [1.82, 2.24) is 5.32 Å². The van der Waals surface area contributed by atoms with Crippen molar-refractivity contribution < 1.29 is 14.7 Å². The van der Waals surface area contributed by atoms with E-state index in [1.165, 1.54) is 0 Å². The molecule has 2 aromatic carbocycles. The average Bonchev–Trinajstić information content (AvgIpc) is 2.56. The van der Waals surface area contributed by atoms with Gasteiger partial charge >= 0.3 is 0 Å². The van der Waals surface area contributed by atoms with Gasteiger partial charge in [0, 0.05) is 18.5 Å². The van der Waals surface area contributed by atoms with Crippen LogP contribution in [-0.4, -0.2) is 29.9 Å². The number of amides is 1. The van der Waals surface area contributed by atoms with E-state index in [1.54, 1.807) is 0 Å². The predicted octanol–water partition coefficient (Wildman–Crippen LogP) is 2.69. The summed E-state index contributed by atoms with van der Waals surface area (Å²) in [5.41, 5.74) is 0.661. The van der Waals surface area contributed by atoms with Crippen LogP contribution < -0.4 is 5.32 Å². The molecule has 1 amide bonds. The highest BCUT2D eigenvalue weighted by Gasteiger charge is 2.05. The van der Waals surface area contributed by atoms with Crippen LogP contribution in [0.25, 0.3) is 10.8 Å². The number of nitrogens with one attached hydrogen (secondary N) is 1. The lowest BCUT2D eigenvalue weighted by Crippen LogP contribution is -2.24. The van der Waals surface area contributed by atoms with Gasteiger partial charge in [0.2, 0.25) is 0 Å². The summed E-state index contributed by atoms with van der Waals surface area (Å²) < 4.78 is 0. The number of carbonyl (C=O) groups excluding carboxylic acids is 2. The Morgan fingerprint density at radius 1 is 0.955 bits per heavy atom. The largest absolute Gasteiger partial charge is 0.389 e. The molecule has 4 heteroatoms. The number of aliphatic hydroxyl groups is 1. The lowest BCUT2D eigenvalue weighted by molar-refractivity contribution is -0.121. The van der Waals surface area contributed by atoms with E-state index in [9.17, 15) is 9.59 Å². The summed E-state index contributed by atoms with van der Waals surface area (Å²) in [4.78, 5) is 23.0. The highest BCUT2D eigenvalue weighted by atomic mass is 16.3. The Morgan fingerprint density at radius 2 is 1.73 bits per heavy atom. The number of hydrogen-bond acceptors (Lipinski definition) is 3. The van der Waals surface area contributed by atoms with Gasteiger partial charge in [-0.2, -0.15) is 0 Å². The third-order valence-corrected chi connectivity index (χ3v) is 3.61. The predicted molar refractivity (Wildman–Crippen MR) is 86.8 cm³/mol. The van der Waals surface area contributed by atoms with Crippen molar-refractivity contribution in [3.63, 3.8) is 0 Å². The summed E-state index contributed by atoms with van der Waals surface area (Å²) in [6.45, 7) is 0.220. The smallest absolute Gasteiger partial charge is 0.251 e. The van der Waals surface area contributed by atoms with E-state index in [2.05, 4.69) is 5.32 Å². The summed E-state index contributed by atoms with van der Waals surface area (Å²) in [6, 6.07) is 13.6. The molecule has 0 spiro atoms. The summed E-state index contributed by atoms with van der Waals surface area (Å²) in [6.07, 6.45) is 2.86. The third kappa shape index (κ3) is 4.67.